The fourth-order valence-electron chi connectivity index (χ4n) is 4.62. The second kappa shape index (κ2) is 11.3. The molecule has 2 aromatic carbocycles. The van der Waals surface area contributed by atoms with E-state index < -0.39 is 0 Å². The molecule has 4 rings (SSSR count). The molecule has 0 spiro atoms. The summed E-state index contributed by atoms with van der Waals surface area (Å²) in [6, 6.07) is 18.2. The van der Waals surface area contributed by atoms with Crippen LogP contribution in [0, 0.1) is 0 Å². The Hall–Kier alpha value is -1.69. The highest BCUT2D eigenvalue weighted by atomic mass is 32.2. The molecular formula is C26H37N3OS. The van der Waals surface area contributed by atoms with Crippen molar-refractivity contribution in [3.05, 3.63) is 54.1 Å². The lowest BCUT2D eigenvalue weighted by atomic mass is 10.0. The van der Waals surface area contributed by atoms with E-state index in [0.29, 0.717) is 0 Å². The van der Waals surface area contributed by atoms with Gasteiger partial charge in [-0.3, -0.25) is 0 Å². The topological polar surface area (TPSA) is 19.0 Å². The first-order chi connectivity index (χ1) is 15.2. The highest BCUT2D eigenvalue weighted by Gasteiger charge is 2.20. The largest absolute Gasteiger partial charge is 0.493 e. The Bertz CT molecular complexity index is 806. The minimum Gasteiger partial charge on any atom is -0.493 e. The van der Waals surface area contributed by atoms with Gasteiger partial charge < -0.3 is 19.4 Å². The van der Waals surface area contributed by atoms with Gasteiger partial charge in [0.1, 0.15) is 5.75 Å². The van der Waals surface area contributed by atoms with Gasteiger partial charge in [-0.2, -0.15) is 0 Å². The molecule has 0 atom stereocenters. The summed E-state index contributed by atoms with van der Waals surface area (Å²) in [5.74, 6) is 2.17. The van der Waals surface area contributed by atoms with E-state index in [-0.39, 0.29) is 0 Å². The number of ether oxygens (including phenoxy) is 1. The maximum atomic E-state index is 6.16. The molecule has 4 nitrogen and oxygen atoms in total. The second-order valence-electron chi connectivity index (χ2n) is 8.94. The molecule has 1 saturated heterocycles. The normalized spacial score (nSPS) is 17.7. The molecule has 0 saturated carbocycles. The highest BCUT2D eigenvalue weighted by molar-refractivity contribution is 7.99. The van der Waals surface area contributed by atoms with Gasteiger partial charge in [-0.25, -0.2) is 0 Å². The van der Waals surface area contributed by atoms with Crippen LogP contribution in [0.3, 0.4) is 0 Å². The minimum atomic E-state index is 0.755. The molecule has 0 amide bonds. The van der Waals surface area contributed by atoms with Crippen LogP contribution < -0.4 is 9.64 Å². The number of hydrogen-bond acceptors (Lipinski definition) is 5. The Kier molecular flexibility index (Phi) is 8.17. The zero-order valence-electron chi connectivity index (χ0n) is 19.1. The predicted octanol–water partition coefficient (Wildman–Crippen LogP) is 4.64. The van der Waals surface area contributed by atoms with E-state index in [9.17, 15) is 0 Å². The van der Waals surface area contributed by atoms with Crippen molar-refractivity contribution in [2.75, 3.05) is 64.1 Å². The maximum absolute atomic E-state index is 6.16. The summed E-state index contributed by atoms with van der Waals surface area (Å²) in [5.41, 5.74) is 2.75. The number of thioether (sulfide) groups is 1. The van der Waals surface area contributed by atoms with Gasteiger partial charge in [0.05, 0.1) is 12.3 Å². The third kappa shape index (κ3) is 6.41. The Balaban J connectivity index is 1.24. The van der Waals surface area contributed by atoms with Gasteiger partial charge in [-0.1, -0.05) is 30.3 Å². The summed E-state index contributed by atoms with van der Waals surface area (Å²) in [6.45, 7) is 6.54. The molecule has 0 unspecified atom stereocenters. The molecule has 2 aromatic rings. The molecule has 0 bridgehead atoms. The second-order valence-corrected chi connectivity index (χ2v) is 10.1. The standard InChI is InChI=1S/C26H37N3OS/c1-27(2)23-12-15-28(16-13-23)14-6-19-30-24-9-10-26-25(21-24)29(18-20-31-26)17-11-22-7-4-3-5-8-22/h3-5,7-10,21,23H,6,11-20H2,1-2H3. The minimum absolute atomic E-state index is 0.755. The molecule has 0 aromatic heterocycles. The summed E-state index contributed by atoms with van der Waals surface area (Å²) in [4.78, 5) is 8.88. The van der Waals surface area contributed by atoms with Crippen LogP contribution in [0.5, 0.6) is 5.75 Å². The average molecular weight is 440 g/mol. The van der Waals surface area contributed by atoms with Gasteiger partial charge in [0.25, 0.3) is 0 Å². The molecule has 2 heterocycles. The fraction of sp³-hybridized carbons (Fsp3) is 0.538. The molecule has 168 valence electrons. The lowest BCUT2D eigenvalue weighted by molar-refractivity contribution is 0.138. The number of benzene rings is 2. The molecular weight excluding hydrogens is 402 g/mol. The van der Waals surface area contributed by atoms with Crippen molar-refractivity contribution < 1.29 is 4.74 Å². The van der Waals surface area contributed by atoms with Crippen molar-refractivity contribution in [3.8, 4) is 5.75 Å². The summed E-state index contributed by atoms with van der Waals surface area (Å²) in [6.07, 6.45) is 4.75. The van der Waals surface area contributed by atoms with E-state index in [0.717, 1.165) is 56.6 Å². The van der Waals surface area contributed by atoms with Gasteiger partial charge in [0.2, 0.25) is 0 Å². The van der Waals surface area contributed by atoms with Crippen LogP contribution >= 0.6 is 11.8 Å². The fourth-order valence-corrected chi connectivity index (χ4v) is 5.65. The number of rotatable bonds is 9. The summed E-state index contributed by atoms with van der Waals surface area (Å²) >= 11 is 1.96. The Labute approximate surface area is 192 Å². The van der Waals surface area contributed by atoms with Crippen molar-refractivity contribution in [2.45, 2.75) is 36.6 Å². The number of likely N-dealkylation sites (tertiary alicyclic amines) is 1. The maximum Gasteiger partial charge on any atom is 0.121 e. The van der Waals surface area contributed by atoms with Crippen LogP contribution in [0.15, 0.2) is 53.4 Å². The van der Waals surface area contributed by atoms with Crippen molar-refractivity contribution >= 4 is 17.4 Å². The Morgan fingerprint density at radius 2 is 1.81 bits per heavy atom. The molecule has 5 heteroatoms. The van der Waals surface area contributed by atoms with E-state index in [1.807, 2.05) is 11.8 Å². The first-order valence-corrected chi connectivity index (χ1v) is 12.7. The van der Waals surface area contributed by atoms with E-state index >= 15 is 0 Å². The Morgan fingerprint density at radius 1 is 1.00 bits per heavy atom. The lowest BCUT2D eigenvalue weighted by Crippen LogP contribution is -2.42. The van der Waals surface area contributed by atoms with E-state index in [2.05, 4.69) is 77.3 Å². The number of anilines is 1. The molecule has 0 N–H and O–H groups in total. The van der Waals surface area contributed by atoms with Gasteiger partial charge in [0, 0.05) is 42.4 Å². The van der Waals surface area contributed by atoms with Crippen LogP contribution in [-0.2, 0) is 6.42 Å². The number of hydrogen-bond donors (Lipinski definition) is 0. The SMILES string of the molecule is CN(C)C1CCN(CCCOc2ccc3c(c2)N(CCc2ccccc2)CCS3)CC1. The average Bonchev–Trinajstić information content (AvgIpc) is 2.81. The molecule has 1 fully saturated rings. The Morgan fingerprint density at radius 3 is 2.58 bits per heavy atom. The van der Waals surface area contributed by atoms with Crippen molar-refractivity contribution in [1.29, 1.82) is 0 Å². The van der Waals surface area contributed by atoms with Crippen LogP contribution in [0.25, 0.3) is 0 Å². The zero-order chi connectivity index (χ0) is 21.5. The molecule has 0 aliphatic carbocycles. The third-order valence-electron chi connectivity index (χ3n) is 6.58. The molecule has 31 heavy (non-hydrogen) atoms. The zero-order valence-corrected chi connectivity index (χ0v) is 19.9. The van der Waals surface area contributed by atoms with E-state index in [4.69, 9.17) is 4.74 Å². The van der Waals surface area contributed by atoms with Crippen LogP contribution in [0.2, 0.25) is 0 Å². The van der Waals surface area contributed by atoms with Gasteiger partial charge >= 0.3 is 0 Å². The van der Waals surface area contributed by atoms with Crippen molar-refractivity contribution in [1.82, 2.24) is 9.80 Å². The smallest absolute Gasteiger partial charge is 0.121 e. The number of piperidine rings is 1. The summed E-state index contributed by atoms with van der Waals surface area (Å²) in [7, 11) is 4.40. The number of fused-ring (bicyclic) bond motifs is 1. The highest BCUT2D eigenvalue weighted by Crippen LogP contribution is 2.37. The first-order valence-electron chi connectivity index (χ1n) is 11.8. The molecule has 2 aliphatic rings. The van der Waals surface area contributed by atoms with Crippen molar-refractivity contribution in [3.63, 3.8) is 0 Å². The quantitative estimate of drug-likeness (QED) is 0.529. The van der Waals surface area contributed by atoms with Crippen molar-refractivity contribution in [2.24, 2.45) is 0 Å². The summed E-state index contributed by atoms with van der Waals surface area (Å²) in [5, 5.41) is 0. The molecule has 2 aliphatic heterocycles. The number of nitrogens with zero attached hydrogens (tertiary/aromatic N) is 3. The monoisotopic (exact) mass is 439 g/mol. The van der Waals surface area contributed by atoms with Gasteiger partial charge in [-0.15, -0.1) is 11.8 Å². The predicted molar refractivity (Wildman–Crippen MR) is 133 cm³/mol. The van der Waals surface area contributed by atoms with Gasteiger partial charge in [-0.05, 0) is 70.6 Å². The van der Waals surface area contributed by atoms with E-state index in [1.165, 1.54) is 42.1 Å². The molecule has 0 radical (unpaired) electrons. The van der Waals surface area contributed by atoms with Crippen LogP contribution in [0.1, 0.15) is 24.8 Å². The third-order valence-corrected chi connectivity index (χ3v) is 7.62. The van der Waals surface area contributed by atoms with Gasteiger partial charge in [0.15, 0.2) is 0 Å². The van der Waals surface area contributed by atoms with Crippen LogP contribution in [0.4, 0.5) is 5.69 Å². The summed E-state index contributed by atoms with van der Waals surface area (Å²) < 4.78 is 6.16. The lowest BCUT2D eigenvalue weighted by Gasteiger charge is -2.35. The first kappa shape index (κ1) is 22.5. The van der Waals surface area contributed by atoms with Crippen LogP contribution in [-0.4, -0.2) is 75.0 Å². The van der Waals surface area contributed by atoms with E-state index in [1.54, 1.807) is 0 Å².